The van der Waals surface area contributed by atoms with Crippen molar-refractivity contribution >= 4 is 0 Å². The fraction of sp³-hybridized carbons (Fsp3) is 0.714. The predicted octanol–water partition coefficient (Wildman–Crippen LogP) is 2.66. The molecule has 3 aliphatic carbocycles. The lowest BCUT2D eigenvalue weighted by molar-refractivity contribution is -0.0979. The second kappa shape index (κ2) is 6.79. The van der Waals surface area contributed by atoms with Gasteiger partial charge in [-0.05, 0) is 84.5 Å². The van der Waals surface area contributed by atoms with E-state index in [0.717, 1.165) is 32.1 Å². The number of aliphatic hydroxyl groups excluding tert-OH is 2. The van der Waals surface area contributed by atoms with Gasteiger partial charge in [-0.2, -0.15) is 0 Å². The second-order valence-electron chi connectivity index (χ2n) is 8.76. The number of phenolic OH excluding ortho intramolecular Hbond substituents is 1. The van der Waals surface area contributed by atoms with Crippen LogP contribution in [0.5, 0.6) is 5.75 Å². The molecule has 7 atom stereocenters. The van der Waals surface area contributed by atoms with Crippen molar-refractivity contribution in [3.05, 3.63) is 29.3 Å². The number of hydrogen-bond donors (Lipinski definition) is 4. The minimum Gasteiger partial charge on any atom is -0.508 e. The number of aliphatic hydroxyl groups is 2. The molecule has 3 aliphatic rings. The summed E-state index contributed by atoms with van der Waals surface area (Å²) in [5.41, 5.74) is 2.59. The molecule has 1 aromatic carbocycles. The number of nitrogens with one attached hydrogen (secondary N) is 1. The van der Waals surface area contributed by atoms with Gasteiger partial charge in [0.1, 0.15) is 5.75 Å². The fourth-order valence-electron chi connectivity index (χ4n) is 6.20. The van der Waals surface area contributed by atoms with E-state index in [1.807, 2.05) is 6.07 Å². The highest BCUT2D eigenvalue weighted by molar-refractivity contribution is 5.42. The Morgan fingerprint density at radius 3 is 2.85 bits per heavy atom. The van der Waals surface area contributed by atoms with E-state index in [2.05, 4.69) is 18.3 Å². The Bertz CT molecular complexity index is 665. The van der Waals surface area contributed by atoms with Crippen molar-refractivity contribution < 1.29 is 20.1 Å². The van der Waals surface area contributed by atoms with E-state index in [4.69, 9.17) is 4.74 Å². The van der Waals surface area contributed by atoms with Gasteiger partial charge in [0.05, 0.1) is 6.10 Å². The van der Waals surface area contributed by atoms with Crippen LogP contribution in [0.25, 0.3) is 0 Å². The summed E-state index contributed by atoms with van der Waals surface area (Å²) in [6.07, 6.45) is 4.07. The van der Waals surface area contributed by atoms with Crippen LogP contribution in [0.15, 0.2) is 18.2 Å². The first kappa shape index (κ1) is 18.2. The Labute approximate surface area is 155 Å². The number of rotatable bonds is 4. The van der Waals surface area contributed by atoms with Crippen molar-refractivity contribution in [3.63, 3.8) is 0 Å². The highest BCUT2D eigenvalue weighted by atomic mass is 16.6. The lowest BCUT2D eigenvalue weighted by Gasteiger charge is -2.51. The zero-order valence-electron chi connectivity index (χ0n) is 15.7. The molecule has 0 bridgehead atoms. The van der Waals surface area contributed by atoms with Gasteiger partial charge < -0.3 is 20.1 Å². The second-order valence-corrected chi connectivity index (χ2v) is 8.76. The SMILES string of the molecule is COC(O)NC[C@@H]1C[C@@H]2[C@H](CC[C@]3(C)[C@@H](O)CC[C@@H]23)c2ccc(O)cc21. The first-order valence-corrected chi connectivity index (χ1v) is 9.89. The zero-order chi connectivity index (χ0) is 18.5. The summed E-state index contributed by atoms with van der Waals surface area (Å²) in [6, 6.07) is 5.79. The first-order chi connectivity index (χ1) is 12.4. The van der Waals surface area contributed by atoms with Gasteiger partial charge in [-0.15, -0.1) is 0 Å². The molecule has 0 aliphatic heterocycles. The van der Waals surface area contributed by atoms with Gasteiger partial charge in [0.2, 0.25) is 6.41 Å². The summed E-state index contributed by atoms with van der Waals surface area (Å²) < 4.78 is 4.92. The Kier molecular flexibility index (Phi) is 4.76. The number of benzene rings is 1. The van der Waals surface area contributed by atoms with E-state index in [9.17, 15) is 15.3 Å². The third-order valence-corrected chi connectivity index (χ3v) is 7.62. The topological polar surface area (TPSA) is 82.0 Å². The summed E-state index contributed by atoms with van der Waals surface area (Å²) in [6.45, 7) is 2.89. The molecule has 1 unspecified atom stereocenters. The van der Waals surface area contributed by atoms with Gasteiger partial charge in [0.25, 0.3) is 0 Å². The molecule has 2 saturated carbocycles. The molecule has 0 saturated heterocycles. The van der Waals surface area contributed by atoms with Gasteiger partial charge in [-0.1, -0.05) is 13.0 Å². The van der Waals surface area contributed by atoms with Crippen molar-refractivity contribution in [2.24, 2.45) is 17.3 Å². The van der Waals surface area contributed by atoms with Gasteiger partial charge in [-0.25, -0.2) is 0 Å². The van der Waals surface area contributed by atoms with Crippen molar-refractivity contribution in [2.45, 2.75) is 63.4 Å². The third kappa shape index (κ3) is 2.85. The summed E-state index contributed by atoms with van der Waals surface area (Å²) in [5, 5.41) is 33.4. The van der Waals surface area contributed by atoms with Crippen molar-refractivity contribution in [1.82, 2.24) is 5.32 Å². The van der Waals surface area contributed by atoms with Crippen LogP contribution in [0.1, 0.15) is 62.0 Å². The van der Waals surface area contributed by atoms with Crippen LogP contribution in [0, 0.1) is 17.3 Å². The van der Waals surface area contributed by atoms with Crippen LogP contribution in [-0.4, -0.2) is 41.5 Å². The van der Waals surface area contributed by atoms with Crippen molar-refractivity contribution in [2.75, 3.05) is 13.7 Å². The lowest BCUT2D eigenvalue weighted by atomic mass is 9.54. The maximum absolute atomic E-state index is 10.6. The van der Waals surface area contributed by atoms with E-state index in [1.165, 1.54) is 18.2 Å². The molecule has 4 N–H and O–H groups in total. The third-order valence-electron chi connectivity index (χ3n) is 7.62. The van der Waals surface area contributed by atoms with Gasteiger partial charge >= 0.3 is 0 Å². The molecular weight excluding hydrogens is 330 g/mol. The van der Waals surface area contributed by atoms with Crippen LogP contribution >= 0.6 is 0 Å². The predicted molar refractivity (Wildman–Crippen MR) is 98.8 cm³/mol. The fourth-order valence-corrected chi connectivity index (χ4v) is 6.20. The van der Waals surface area contributed by atoms with Crippen LogP contribution in [0.4, 0.5) is 0 Å². The molecule has 0 radical (unpaired) electrons. The molecule has 0 aromatic heterocycles. The smallest absolute Gasteiger partial charge is 0.213 e. The summed E-state index contributed by atoms with van der Waals surface area (Å²) in [4.78, 5) is 0. The Morgan fingerprint density at radius 1 is 1.27 bits per heavy atom. The van der Waals surface area contributed by atoms with Crippen molar-refractivity contribution in [3.8, 4) is 5.75 Å². The molecule has 5 nitrogen and oxygen atoms in total. The number of phenols is 1. The number of ether oxygens (including phenoxy) is 1. The van der Waals surface area contributed by atoms with E-state index in [0.29, 0.717) is 30.0 Å². The molecular formula is C21H31NO4. The number of hydrogen-bond acceptors (Lipinski definition) is 5. The molecule has 2 fully saturated rings. The highest BCUT2D eigenvalue weighted by Crippen LogP contribution is 2.62. The quantitative estimate of drug-likeness (QED) is 0.620. The molecule has 144 valence electrons. The average Bonchev–Trinajstić information content (AvgIpc) is 2.94. The average molecular weight is 361 g/mol. The van der Waals surface area contributed by atoms with E-state index >= 15 is 0 Å². The summed E-state index contributed by atoms with van der Waals surface area (Å²) in [7, 11) is 1.47. The molecule has 5 heteroatoms. The zero-order valence-corrected chi connectivity index (χ0v) is 15.7. The van der Waals surface area contributed by atoms with Gasteiger partial charge in [0, 0.05) is 13.7 Å². The van der Waals surface area contributed by atoms with E-state index < -0.39 is 6.41 Å². The Balaban J connectivity index is 1.66. The molecule has 0 heterocycles. The number of fused-ring (bicyclic) bond motifs is 5. The summed E-state index contributed by atoms with van der Waals surface area (Å²) >= 11 is 0. The maximum atomic E-state index is 10.6. The maximum Gasteiger partial charge on any atom is 0.213 e. The minimum atomic E-state index is -0.974. The molecule has 0 spiro atoms. The van der Waals surface area contributed by atoms with E-state index in [1.54, 1.807) is 6.07 Å². The Morgan fingerprint density at radius 2 is 2.08 bits per heavy atom. The molecule has 0 amide bonds. The minimum absolute atomic E-state index is 0.0413. The number of aromatic hydroxyl groups is 1. The van der Waals surface area contributed by atoms with Crippen LogP contribution < -0.4 is 5.32 Å². The van der Waals surface area contributed by atoms with E-state index in [-0.39, 0.29) is 17.4 Å². The summed E-state index contributed by atoms with van der Waals surface area (Å²) in [5.74, 6) is 2.14. The van der Waals surface area contributed by atoms with Gasteiger partial charge in [0.15, 0.2) is 0 Å². The normalized spacial score (nSPS) is 39.8. The van der Waals surface area contributed by atoms with Crippen LogP contribution in [0.2, 0.25) is 0 Å². The molecule has 1 aromatic rings. The van der Waals surface area contributed by atoms with Crippen molar-refractivity contribution in [1.29, 1.82) is 0 Å². The molecule has 26 heavy (non-hydrogen) atoms. The largest absolute Gasteiger partial charge is 0.508 e. The lowest BCUT2D eigenvalue weighted by Crippen LogP contribution is -2.45. The monoisotopic (exact) mass is 361 g/mol. The van der Waals surface area contributed by atoms with Gasteiger partial charge in [-0.3, -0.25) is 5.32 Å². The number of methoxy groups -OCH3 is 1. The standard InChI is InChI=1S/C21H31NO4/c1-21-8-7-15-14-4-3-13(23)10-16(14)12(11-22-20(25)26-2)9-17(15)18(21)5-6-19(21)24/h3-4,10,12,15,17-20,22-25H,5-9,11H2,1-2H3/t12-,15+,17+,18-,19-,20?,21-/m0/s1. The molecule has 4 rings (SSSR count). The highest BCUT2D eigenvalue weighted by Gasteiger charge is 2.55. The van der Waals surface area contributed by atoms with Crippen LogP contribution in [0.3, 0.4) is 0 Å². The first-order valence-electron chi connectivity index (χ1n) is 9.89. The Hall–Kier alpha value is -1.14. The van der Waals surface area contributed by atoms with Crippen LogP contribution in [-0.2, 0) is 4.74 Å².